The SMILES string of the molecule is CCCCCCCCCCOCC(=O)c1c(O)n(C(=O)Nc2ccc(C)cc2)c2ccccc12. The summed E-state index contributed by atoms with van der Waals surface area (Å²) in [6, 6.07) is 13.8. The highest BCUT2D eigenvalue weighted by Crippen LogP contribution is 2.32. The van der Waals surface area contributed by atoms with Gasteiger partial charge in [-0.05, 0) is 31.5 Å². The molecular weight excluding hydrogens is 428 g/mol. The Morgan fingerprint density at radius 2 is 1.56 bits per heavy atom. The lowest BCUT2D eigenvalue weighted by Crippen LogP contribution is -2.19. The number of para-hydroxylation sites is 1. The fourth-order valence-corrected chi connectivity index (χ4v) is 4.10. The van der Waals surface area contributed by atoms with E-state index in [1.807, 2.05) is 19.1 Å². The van der Waals surface area contributed by atoms with Gasteiger partial charge < -0.3 is 15.2 Å². The van der Waals surface area contributed by atoms with Crippen LogP contribution in [0.5, 0.6) is 5.88 Å². The molecule has 6 nitrogen and oxygen atoms in total. The lowest BCUT2D eigenvalue weighted by Gasteiger charge is -2.09. The van der Waals surface area contributed by atoms with E-state index in [1.165, 1.54) is 38.5 Å². The Hall–Kier alpha value is -3.12. The molecule has 0 unspecified atom stereocenters. The number of hydrogen-bond acceptors (Lipinski definition) is 4. The molecule has 1 heterocycles. The molecule has 2 N–H and O–H groups in total. The van der Waals surface area contributed by atoms with E-state index in [4.69, 9.17) is 4.74 Å². The number of Topliss-reactive ketones (excluding diaryl/α,β-unsaturated/α-hetero) is 1. The van der Waals surface area contributed by atoms with Crippen molar-refractivity contribution in [3.63, 3.8) is 0 Å². The third-order valence-corrected chi connectivity index (χ3v) is 6.01. The molecule has 0 saturated carbocycles. The number of hydrogen-bond donors (Lipinski definition) is 2. The molecule has 0 atom stereocenters. The van der Waals surface area contributed by atoms with Crippen LogP contribution in [0, 0.1) is 6.92 Å². The minimum Gasteiger partial charge on any atom is -0.494 e. The predicted octanol–water partition coefficient (Wildman–Crippen LogP) is 7.08. The lowest BCUT2D eigenvalue weighted by molar-refractivity contribution is 0.0751. The third kappa shape index (κ3) is 6.70. The zero-order valence-electron chi connectivity index (χ0n) is 20.3. The number of ether oxygens (including phenoxy) is 1. The Kier molecular flexibility index (Phi) is 9.71. The van der Waals surface area contributed by atoms with E-state index in [9.17, 15) is 14.7 Å². The molecule has 0 aliphatic heterocycles. The second kappa shape index (κ2) is 12.9. The first kappa shape index (κ1) is 25.5. The molecule has 3 aromatic rings. The zero-order chi connectivity index (χ0) is 24.3. The molecule has 182 valence electrons. The maximum Gasteiger partial charge on any atom is 0.333 e. The van der Waals surface area contributed by atoms with Crippen LogP contribution in [-0.4, -0.2) is 34.7 Å². The van der Waals surface area contributed by atoms with E-state index < -0.39 is 6.03 Å². The van der Waals surface area contributed by atoms with Crippen molar-refractivity contribution in [1.82, 2.24) is 4.57 Å². The smallest absolute Gasteiger partial charge is 0.333 e. The second-order valence-electron chi connectivity index (χ2n) is 8.80. The van der Waals surface area contributed by atoms with E-state index in [2.05, 4.69) is 12.2 Å². The summed E-state index contributed by atoms with van der Waals surface area (Å²) in [5.41, 5.74) is 2.27. The van der Waals surface area contributed by atoms with Crippen molar-refractivity contribution >= 4 is 28.4 Å². The summed E-state index contributed by atoms with van der Waals surface area (Å²) in [6.07, 6.45) is 9.59. The predicted molar refractivity (Wildman–Crippen MR) is 137 cm³/mol. The number of ketones is 1. The number of benzene rings is 2. The number of unbranched alkanes of at least 4 members (excludes halogenated alkanes) is 7. The summed E-state index contributed by atoms with van der Waals surface area (Å²) in [7, 11) is 0. The number of nitrogens with zero attached hydrogens (tertiary/aromatic N) is 1. The monoisotopic (exact) mass is 464 g/mol. The maximum atomic E-state index is 13.0. The first-order valence-corrected chi connectivity index (χ1v) is 12.3. The Morgan fingerprint density at radius 3 is 2.26 bits per heavy atom. The van der Waals surface area contributed by atoms with Gasteiger partial charge in [0.15, 0.2) is 5.78 Å². The Labute approximate surface area is 201 Å². The van der Waals surface area contributed by atoms with Gasteiger partial charge in [0.25, 0.3) is 0 Å². The van der Waals surface area contributed by atoms with Crippen LogP contribution >= 0.6 is 0 Å². The van der Waals surface area contributed by atoms with Crippen molar-refractivity contribution < 1.29 is 19.4 Å². The van der Waals surface area contributed by atoms with Gasteiger partial charge in [-0.15, -0.1) is 0 Å². The van der Waals surface area contributed by atoms with Crippen molar-refractivity contribution in [2.75, 3.05) is 18.5 Å². The first-order chi connectivity index (χ1) is 16.5. The summed E-state index contributed by atoms with van der Waals surface area (Å²) in [5.74, 6) is -0.707. The van der Waals surface area contributed by atoms with E-state index in [0.29, 0.717) is 23.2 Å². The average molecular weight is 465 g/mol. The number of anilines is 1. The van der Waals surface area contributed by atoms with Gasteiger partial charge in [-0.25, -0.2) is 9.36 Å². The number of aryl methyl sites for hydroxylation is 1. The van der Waals surface area contributed by atoms with E-state index in [1.54, 1.807) is 36.4 Å². The topological polar surface area (TPSA) is 80.6 Å². The van der Waals surface area contributed by atoms with Gasteiger partial charge in [0.1, 0.15) is 6.61 Å². The summed E-state index contributed by atoms with van der Waals surface area (Å²) in [6.45, 7) is 4.56. The van der Waals surface area contributed by atoms with Crippen LogP contribution in [0.25, 0.3) is 10.9 Å². The van der Waals surface area contributed by atoms with Crippen molar-refractivity contribution in [2.24, 2.45) is 0 Å². The third-order valence-electron chi connectivity index (χ3n) is 6.01. The molecule has 3 rings (SSSR count). The number of carbonyl (C=O) groups is 2. The van der Waals surface area contributed by atoms with E-state index >= 15 is 0 Å². The van der Waals surface area contributed by atoms with Crippen molar-refractivity contribution in [3.05, 3.63) is 59.7 Å². The number of rotatable bonds is 13. The van der Waals surface area contributed by atoms with Gasteiger partial charge in [0.05, 0.1) is 11.1 Å². The van der Waals surface area contributed by atoms with Crippen LogP contribution in [0.3, 0.4) is 0 Å². The van der Waals surface area contributed by atoms with Gasteiger partial charge in [0.2, 0.25) is 5.88 Å². The second-order valence-corrected chi connectivity index (χ2v) is 8.80. The van der Waals surface area contributed by atoms with Crippen LogP contribution in [0.1, 0.15) is 74.2 Å². The lowest BCUT2D eigenvalue weighted by atomic mass is 10.1. The van der Waals surface area contributed by atoms with Crippen molar-refractivity contribution in [2.45, 2.75) is 65.2 Å². The molecule has 6 heteroatoms. The maximum absolute atomic E-state index is 13.0. The number of amides is 1. The summed E-state index contributed by atoms with van der Waals surface area (Å²) in [4.78, 5) is 25.9. The van der Waals surface area contributed by atoms with Gasteiger partial charge in [-0.1, -0.05) is 87.8 Å². The highest BCUT2D eigenvalue weighted by molar-refractivity contribution is 6.14. The molecule has 1 aromatic heterocycles. The molecule has 2 aromatic carbocycles. The molecule has 0 fully saturated rings. The number of aromatic hydroxyl groups is 1. The molecule has 0 aliphatic rings. The fraction of sp³-hybridized carbons (Fsp3) is 0.429. The van der Waals surface area contributed by atoms with Crippen LogP contribution < -0.4 is 5.32 Å². The molecule has 0 spiro atoms. The van der Waals surface area contributed by atoms with Gasteiger partial charge >= 0.3 is 6.03 Å². The quantitative estimate of drug-likeness (QED) is 0.209. The molecule has 0 saturated heterocycles. The number of nitrogens with one attached hydrogen (secondary N) is 1. The zero-order valence-corrected chi connectivity index (χ0v) is 20.3. The van der Waals surface area contributed by atoms with Gasteiger partial charge in [0, 0.05) is 17.7 Å². The van der Waals surface area contributed by atoms with Gasteiger partial charge in [-0.2, -0.15) is 0 Å². The van der Waals surface area contributed by atoms with E-state index in [-0.39, 0.29) is 23.8 Å². The highest BCUT2D eigenvalue weighted by atomic mass is 16.5. The molecular formula is C28H36N2O4. The molecule has 34 heavy (non-hydrogen) atoms. The Bertz CT molecular complexity index is 1090. The van der Waals surface area contributed by atoms with Crippen LogP contribution in [0.4, 0.5) is 10.5 Å². The molecule has 0 bridgehead atoms. The van der Waals surface area contributed by atoms with E-state index in [0.717, 1.165) is 23.0 Å². The Balaban J connectivity index is 1.59. The molecule has 0 radical (unpaired) electrons. The van der Waals surface area contributed by atoms with Crippen molar-refractivity contribution in [1.29, 1.82) is 0 Å². The first-order valence-electron chi connectivity index (χ1n) is 12.3. The minimum atomic E-state index is -0.531. The van der Waals surface area contributed by atoms with Crippen molar-refractivity contribution in [3.8, 4) is 5.88 Å². The molecule has 0 aliphatic carbocycles. The minimum absolute atomic E-state index is 0.116. The largest absolute Gasteiger partial charge is 0.494 e. The van der Waals surface area contributed by atoms with Gasteiger partial charge in [-0.3, -0.25) is 4.79 Å². The number of carbonyl (C=O) groups excluding carboxylic acids is 2. The highest BCUT2D eigenvalue weighted by Gasteiger charge is 2.25. The fourth-order valence-electron chi connectivity index (χ4n) is 4.10. The van der Waals surface area contributed by atoms with Crippen LogP contribution in [0.15, 0.2) is 48.5 Å². The normalized spacial score (nSPS) is 11.1. The summed E-state index contributed by atoms with van der Waals surface area (Å²) in [5, 5.41) is 14.2. The average Bonchev–Trinajstić information content (AvgIpc) is 3.13. The number of fused-ring (bicyclic) bond motifs is 1. The van der Waals surface area contributed by atoms with Crippen LogP contribution in [0.2, 0.25) is 0 Å². The summed E-state index contributed by atoms with van der Waals surface area (Å²) < 4.78 is 6.74. The Morgan fingerprint density at radius 1 is 0.912 bits per heavy atom. The molecule has 1 amide bonds. The standard InChI is InChI=1S/C28H36N2O4/c1-3-4-5-6-7-8-9-12-19-34-20-25(31)26-23-13-10-11-14-24(23)30(27(26)32)28(33)29-22-17-15-21(2)16-18-22/h10-11,13-18,32H,3-9,12,19-20H2,1-2H3,(H,29,33). The number of aromatic nitrogens is 1. The van der Waals surface area contributed by atoms with Crippen LogP contribution in [-0.2, 0) is 4.74 Å². The summed E-state index contributed by atoms with van der Waals surface area (Å²) >= 11 is 0.